The number of aliphatic hydroxyl groups excluding tert-OH is 1. The predicted molar refractivity (Wildman–Crippen MR) is 60.2 cm³/mol. The van der Waals surface area contributed by atoms with Crippen molar-refractivity contribution in [2.45, 2.75) is 0 Å². The average molecular weight is 217 g/mol. The quantitative estimate of drug-likeness (QED) is 0.755. The number of ether oxygens (including phenoxy) is 1. The fourth-order valence-corrected chi connectivity index (χ4v) is 1.49. The molecule has 0 saturated carbocycles. The van der Waals surface area contributed by atoms with E-state index in [9.17, 15) is 4.79 Å². The summed E-state index contributed by atoms with van der Waals surface area (Å²) in [7, 11) is 0. The Bertz CT molecular complexity index is 505. The lowest BCUT2D eigenvalue weighted by atomic mass is 10.1. The van der Waals surface area contributed by atoms with Crippen LogP contribution in [0.2, 0.25) is 0 Å². The highest BCUT2D eigenvalue weighted by Gasteiger charge is 2.05. The summed E-state index contributed by atoms with van der Waals surface area (Å²) >= 11 is 0. The number of fused-ring (bicyclic) bond motifs is 1. The molecule has 0 unspecified atom stereocenters. The largest absolute Gasteiger partial charge is 0.414 e. The van der Waals surface area contributed by atoms with Crippen molar-refractivity contribution in [1.82, 2.24) is 5.32 Å². The standard InChI is InChI=1S/C12H11NO3/c14-8-13-12(15)16-11-7-3-5-9-4-1-2-6-10(9)11/h1-7,14H,8H2,(H,13,15). The van der Waals surface area contributed by atoms with Crippen LogP contribution < -0.4 is 10.1 Å². The monoisotopic (exact) mass is 217 g/mol. The molecule has 4 nitrogen and oxygen atoms in total. The number of carbonyl (C=O) groups is 1. The van der Waals surface area contributed by atoms with Gasteiger partial charge in [0.1, 0.15) is 12.5 Å². The molecule has 4 heteroatoms. The van der Waals surface area contributed by atoms with Crippen molar-refractivity contribution in [3.63, 3.8) is 0 Å². The molecule has 0 bridgehead atoms. The molecule has 0 atom stereocenters. The molecular weight excluding hydrogens is 206 g/mol. The van der Waals surface area contributed by atoms with Crippen molar-refractivity contribution in [1.29, 1.82) is 0 Å². The van der Waals surface area contributed by atoms with Gasteiger partial charge in [0.15, 0.2) is 0 Å². The summed E-state index contributed by atoms with van der Waals surface area (Å²) in [6, 6.07) is 13.1. The summed E-state index contributed by atoms with van der Waals surface area (Å²) in [6.45, 7) is -0.441. The van der Waals surface area contributed by atoms with Crippen LogP contribution in [0.5, 0.6) is 5.75 Å². The highest BCUT2D eigenvalue weighted by Crippen LogP contribution is 2.24. The molecular formula is C12H11NO3. The minimum atomic E-state index is -0.668. The molecule has 0 heterocycles. The van der Waals surface area contributed by atoms with Crippen molar-refractivity contribution in [3.8, 4) is 5.75 Å². The van der Waals surface area contributed by atoms with Gasteiger partial charge in [-0.15, -0.1) is 0 Å². The molecule has 0 saturated heterocycles. The van der Waals surface area contributed by atoms with Gasteiger partial charge in [0.25, 0.3) is 0 Å². The molecule has 16 heavy (non-hydrogen) atoms. The fraction of sp³-hybridized carbons (Fsp3) is 0.0833. The second-order valence-electron chi connectivity index (χ2n) is 3.20. The highest BCUT2D eigenvalue weighted by atomic mass is 16.6. The van der Waals surface area contributed by atoms with Crippen LogP contribution >= 0.6 is 0 Å². The van der Waals surface area contributed by atoms with Crippen molar-refractivity contribution in [2.24, 2.45) is 0 Å². The third-order valence-electron chi connectivity index (χ3n) is 2.18. The van der Waals surface area contributed by atoms with E-state index in [-0.39, 0.29) is 0 Å². The number of benzene rings is 2. The normalized spacial score (nSPS) is 10.1. The fourth-order valence-electron chi connectivity index (χ4n) is 1.49. The molecule has 0 fully saturated rings. The van der Waals surface area contributed by atoms with Gasteiger partial charge in [0.2, 0.25) is 0 Å². The first-order valence-electron chi connectivity index (χ1n) is 4.85. The van der Waals surface area contributed by atoms with Crippen LogP contribution in [0.4, 0.5) is 4.79 Å². The summed E-state index contributed by atoms with van der Waals surface area (Å²) in [4.78, 5) is 11.2. The Morgan fingerprint density at radius 3 is 2.75 bits per heavy atom. The van der Waals surface area contributed by atoms with Gasteiger partial charge < -0.3 is 9.84 Å². The molecule has 0 aliphatic carbocycles. The second-order valence-corrected chi connectivity index (χ2v) is 3.20. The maximum absolute atomic E-state index is 11.2. The van der Waals surface area contributed by atoms with E-state index in [0.29, 0.717) is 5.75 Å². The molecule has 2 aromatic carbocycles. The van der Waals surface area contributed by atoms with Gasteiger partial charge in [0.05, 0.1) is 0 Å². The van der Waals surface area contributed by atoms with Crippen LogP contribution in [0.3, 0.4) is 0 Å². The molecule has 0 spiro atoms. The van der Waals surface area contributed by atoms with Crippen molar-refractivity contribution in [3.05, 3.63) is 42.5 Å². The van der Waals surface area contributed by atoms with Crippen LogP contribution in [0.1, 0.15) is 0 Å². The molecule has 1 amide bonds. The summed E-state index contributed by atoms with van der Waals surface area (Å²) in [5.41, 5.74) is 0. The third kappa shape index (κ3) is 2.12. The van der Waals surface area contributed by atoms with E-state index in [0.717, 1.165) is 10.8 Å². The van der Waals surface area contributed by atoms with Gasteiger partial charge in [-0.2, -0.15) is 0 Å². The van der Waals surface area contributed by atoms with E-state index >= 15 is 0 Å². The summed E-state index contributed by atoms with van der Waals surface area (Å²) in [5.74, 6) is 0.476. The molecule has 0 aliphatic heterocycles. The van der Waals surface area contributed by atoms with Gasteiger partial charge in [-0.05, 0) is 11.5 Å². The lowest BCUT2D eigenvalue weighted by Gasteiger charge is -2.07. The number of aliphatic hydroxyl groups is 1. The molecule has 2 N–H and O–H groups in total. The first kappa shape index (κ1) is 10.4. The van der Waals surface area contributed by atoms with Gasteiger partial charge in [0, 0.05) is 5.39 Å². The molecule has 0 aliphatic rings. The number of carbonyl (C=O) groups excluding carboxylic acids is 1. The number of amides is 1. The SMILES string of the molecule is O=C(NCO)Oc1cccc2ccccc12. The van der Waals surface area contributed by atoms with E-state index in [4.69, 9.17) is 9.84 Å². The van der Waals surface area contributed by atoms with Crippen LogP contribution in [0, 0.1) is 0 Å². The zero-order valence-corrected chi connectivity index (χ0v) is 8.51. The van der Waals surface area contributed by atoms with Crippen molar-refractivity contribution < 1.29 is 14.6 Å². The second kappa shape index (κ2) is 4.63. The molecule has 2 aromatic rings. The summed E-state index contributed by atoms with van der Waals surface area (Å²) in [6.07, 6.45) is -0.668. The maximum Gasteiger partial charge on any atom is 0.414 e. The Morgan fingerprint density at radius 1 is 1.19 bits per heavy atom. The number of hydrogen-bond acceptors (Lipinski definition) is 3. The van der Waals surface area contributed by atoms with E-state index in [2.05, 4.69) is 5.32 Å². The predicted octanol–water partition coefficient (Wildman–Crippen LogP) is 1.88. The molecule has 0 aromatic heterocycles. The lowest BCUT2D eigenvalue weighted by Crippen LogP contribution is -2.27. The maximum atomic E-state index is 11.2. The summed E-state index contributed by atoms with van der Waals surface area (Å²) in [5, 5.41) is 12.5. The lowest BCUT2D eigenvalue weighted by molar-refractivity contribution is 0.182. The Kier molecular flexibility index (Phi) is 3.03. The summed E-state index contributed by atoms with van der Waals surface area (Å²) < 4.78 is 5.06. The number of nitrogens with one attached hydrogen (secondary N) is 1. The van der Waals surface area contributed by atoms with Gasteiger partial charge >= 0.3 is 6.09 Å². The topological polar surface area (TPSA) is 58.6 Å². The zero-order valence-electron chi connectivity index (χ0n) is 8.51. The van der Waals surface area contributed by atoms with E-state index in [1.54, 1.807) is 6.07 Å². The van der Waals surface area contributed by atoms with Crippen LogP contribution in [-0.4, -0.2) is 17.9 Å². The average Bonchev–Trinajstić information content (AvgIpc) is 2.30. The first-order valence-corrected chi connectivity index (χ1v) is 4.85. The van der Waals surface area contributed by atoms with E-state index in [1.165, 1.54) is 0 Å². The molecule has 82 valence electrons. The van der Waals surface area contributed by atoms with Crippen molar-refractivity contribution >= 4 is 16.9 Å². The highest BCUT2D eigenvalue weighted by molar-refractivity contribution is 5.90. The van der Waals surface area contributed by atoms with Crippen LogP contribution in [-0.2, 0) is 0 Å². The smallest absolute Gasteiger partial charge is 0.410 e. The minimum Gasteiger partial charge on any atom is -0.410 e. The third-order valence-corrected chi connectivity index (χ3v) is 2.18. The zero-order chi connectivity index (χ0) is 11.4. The number of rotatable bonds is 2. The Hall–Kier alpha value is -2.07. The van der Waals surface area contributed by atoms with Crippen molar-refractivity contribution in [2.75, 3.05) is 6.73 Å². The van der Waals surface area contributed by atoms with Crippen LogP contribution in [0.15, 0.2) is 42.5 Å². The Morgan fingerprint density at radius 2 is 1.94 bits per heavy atom. The van der Waals surface area contributed by atoms with E-state index in [1.807, 2.05) is 36.4 Å². The Balaban J connectivity index is 2.33. The molecule has 0 radical (unpaired) electrons. The van der Waals surface area contributed by atoms with Crippen LogP contribution in [0.25, 0.3) is 10.8 Å². The van der Waals surface area contributed by atoms with E-state index < -0.39 is 12.8 Å². The molecule has 2 rings (SSSR count). The van der Waals surface area contributed by atoms with Gasteiger partial charge in [-0.25, -0.2) is 4.79 Å². The minimum absolute atomic E-state index is 0.441. The number of hydrogen-bond donors (Lipinski definition) is 2. The van der Waals surface area contributed by atoms with Gasteiger partial charge in [-0.1, -0.05) is 36.4 Å². The van der Waals surface area contributed by atoms with Gasteiger partial charge in [-0.3, -0.25) is 5.32 Å². The Labute approximate surface area is 92.5 Å². The first-order chi connectivity index (χ1) is 7.81.